The van der Waals surface area contributed by atoms with Gasteiger partial charge in [-0.3, -0.25) is 4.79 Å². The average Bonchev–Trinajstić information content (AvgIpc) is 3.23. The highest BCUT2D eigenvalue weighted by atomic mass is 32.2. The molecule has 0 radical (unpaired) electrons. The lowest BCUT2D eigenvalue weighted by atomic mass is 10.1. The largest absolute Gasteiger partial charge is 0.358 e. The van der Waals surface area contributed by atoms with E-state index in [1.807, 2.05) is 44.2 Å². The van der Waals surface area contributed by atoms with E-state index in [9.17, 15) is 13.2 Å². The molecule has 1 amide bonds. The number of thioether (sulfide) groups is 1. The van der Waals surface area contributed by atoms with E-state index in [0.717, 1.165) is 20.2 Å². The van der Waals surface area contributed by atoms with Gasteiger partial charge in [0.05, 0.1) is 10.6 Å². The molecule has 170 valence electrons. The van der Waals surface area contributed by atoms with E-state index in [1.165, 1.54) is 27.4 Å². The van der Waals surface area contributed by atoms with Crippen LogP contribution < -0.4 is 5.32 Å². The summed E-state index contributed by atoms with van der Waals surface area (Å²) >= 11 is 2.78. The van der Waals surface area contributed by atoms with E-state index >= 15 is 0 Å². The summed E-state index contributed by atoms with van der Waals surface area (Å²) in [5.74, 6) is 0.236. The molecule has 2 aromatic carbocycles. The molecule has 11 heteroatoms. The molecule has 0 atom stereocenters. The highest BCUT2D eigenvalue weighted by Gasteiger charge is 2.30. The summed E-state index contributed by atoms with van der Waals surface area (Å²) in [4.78, 5) is 14.6. The number of hydrogen-bond acceptors (Lipinski definition) is 8. The van der Waals surface area contributed by atoms with Gasteiger partial charge in [0, 0.05) is 32.2 Å². The molecule has 1 saturated heterocycles. The molecule has 1 N–H and O–H groups in total. The number of piperazine rings is 1. The van der Waals surface area contributed by atoms with Crippen LogP contribution in [0, 0.1) is 0 Å². The van der Waals surface area contributed by atoms with Gasteiger partial charge >= 0.3 is 0 Å². The van der Waals surface area contributed by atoms with Crippen LogP contribution in [-0.4, -0.2) is 71.7 Å². The smallest absolute Gasteiger partial charge is 0.243 e. The normalized spacial score (nSPS) is 15.4. The Morgan fingerprint density at radius 2 is 1.81 bits per heavy atom. The molecule has 1 aliphatic heterocycles. The quantitative estimate of drug-likeness (QED) is 0.507. The number of carbonyl (C=O) groups excluding carboxylic acids is 1. The Morgan fingerprint density at radius 3 is 2.53 bits per heavy atom. The average molecular weight is 492 g/mol. The molecule has 1 aromatic heterocycles. The number of anilines is 1. The van der Waals surface area contributed by atoms with Crippen LogP contribution in [-0.2, 0) is 14.8 Å². The zero-order valence-electron chi connectivity index (χ0n) is 17.9. The van der Waals surface area contributed by atoms with Gasteiger partial charge in [-0.25, -0.2) is 8.42 Å². The number of nitrogens with one attached hydrogen (secondary N) is 1. The molecular formula is C21H25N5O3S3. The third-order valence-electron chi connectivity index (χ3n) is 5.09. The van der Waals surface area contributed by atoms with Gasteiger partial charge in [0.1, 0.15) is 0 Å². The minimum absolute atomic E-state index is 0.0219. The van der Waals surface area contributed by atoms with Gasteiger partial charge in [0.2, 0.25) is 21.1 Å². The summed E-state index contributed by atoms with van der Waals surface area (Å²) in [7, 11) is -3.60. The number of sulfonamides is 1. The highest BCUT2D eigenvalue weighted by molar-refractivity contribution is 8.01. The number of fused-ring (bicyclic) bond motifs is 1. The van der Waals surface area contributed by atoms with E-state index in [-0.39, 0.29) is 35.7 Å². The molecule has 3 aromatic rings. The minimum Gasteiger partial charge on any atom is -0.358 e. The predicted octanol–water partition coefficient (Wildman–Crippen LogP) is 3.14. The Balaban J connectivity index is 1.32. The second kappa shape index (κ2) is 9.74. The van der Waals surface area contributed by atoms with Gasteiger partial charge in [0.25, 0.3) is 0 Å². The molecule has 1 fully saturated rings. The second-order valence-corrected chi connectivity index (χ2v) is 11.9. The van der Waals surface area contributed by atoms with Crippen LogP contribution in [0.5, 0.6) is 0 Å². The van der Waals surface area contributed by atoms with Crippen LogP contribution in [0.25, 0.3) is 10.8 Å². The molecular weight excluding hydrogens is 466 g/mol. The van der Waals surface area contributed by atoms with Gasteiger partial charge < -0.3 is 10.2 Å². The van der Waals surface area contributed by atoms with Gasteiger partial charge in [0.15, 0.2) is 4.34 Å². The Bertz CT molecular complexity index is 1200. The van der Waals surface area contributed by atoms with Crippen molar-refractivity contribution in [1.82, 2.24) is 19.4 Å². The van der Waals surface area contributed by atoms with Crippen molar-refractivity contribution in [3.8, 4) is 0 Å². The molecule has 0 unspecified atom stereocenters. The van der Waals surface area contributed by atoms with E-state index in [2.05, 4.69) is 15.5 Å². The third kappa shape index (κ3) is 5.22. The lowest BCUT2D eigenvalue weighted by molar-refractivity contribution is -0.129. The van der Waals surface area contributed by atoms with E-state index in [0.29, 0.717) is 13.1 Å². The summed E-state index contributed by atoms with van der Waals surface area (Å²) in [6.07, 6.45) is 0. The van der Waals surface area contributed by atoms with E-state index < -0.39 is 10.0 Å². The molecule has 1 aliphatic rings. The fourth-order valence-electron chi connectivity index (χ4n) is 3.44. The van der Waals surface area contributed by atoms with E-state index in [4.69, 9.17) is 0 Å². The van der Waals surface area contributed by atoms with Crippen molar-refractivity contribution in [2.45, 2.75) is 29.1 Å². The maximum Gasteiger partial charge on any atom is 0.243 e. The van der Waals surface area contributed by atoms with Crippen LogP contribution in [0.3, 0.4) is 0 Å². The maximum absolute atomic E-state index is 13.1. The number of amides is 1. The van der Waals surface area contributed by atoms with Crippen molar-refractivity contribution < 1.29 is 13.2 Å². The van der Waals surface area contributed by atoms with Crippen LogP contribution in [0.4, 0.5) is 5.13 Å². The molecule has 0 saturated carbocycles. The first kappa shape index (κ1) is 23.0. The Morgan fingerprint density at radius 1 is 1.09 bits per heavy atom. The van der Waals surface area contributed by atoms with Crippen molar-refractivity contribution in [3.63, 3.8) is 0 Å². The first-order chi connectivity index (χ1) is 15.3. The maximum atomic E-state index is 13.1. The lowest BCUT2D eigenvalue weighted by Gasteiger charge is -2.34. The molecule has 0 bridgehead atoms. The van der Waals surface area contributed by atoms with Gasteiger partial charge in [-0.05, 0) is 36.8 Å². The number of carbonyl (C=O) groups is 1. The van der Waals surface area contributed by atoms with Crippen molar-refractivity contribution in [3.05, 3.63) is 42.5 Å². The summed E-state index contributed by atoms with van der Waals surface area (Å²) in [5.41, 5.74) is 0. The second-order valence-electron chi connectivity index (χ2n) is 7.75. The van der Waals surface area contributed by atoms with Crippen LogP contribution >= 0.6 is 23.1 Å². The fourth-order valence-corrected chi connectivity index (χ4v) is 6.70. The number of benzene rings is 2. The topological polar surface area (TPSA) is 95.5 Å². The standard InChI is InChI=1S/C21H25N5O3S3/c1-15(2)22-20-23-24-21(31-20)30-14-19(27)25-9-11-26(12-10-25)32(28,29)18-8-7-16-5-3-4-6-17(16)13-18/h3-8,13,15H,9-12,14H2,1-2H3,(H,22,23). The third-order valence-corrected chi connectivity index (χ3v) is 8.95. The number of aromatic nitrogens is 2. The summed E-state index contributed by atoms with van der Waals surface area (Å²) in [6, 6.07) is 13.1. The van der Waals surface area contributed by atoms with E-state index in [1.54, 1.807) is 17.0 Å². The monoisotopic (exact) mass is 491 g/mol. The number of hydrogen-bond donors (Lipinski definition) is 1. The molecule has 32 heavy (non-hydrogen) atoms. The van der Waals surface area contributed by atoms with Gasteiger partial charge in [-0.2, -0.15) is 4.31 Å². The van der Waals surface area contributed by atoms with Crippen LogP contribution in [0.15, 0.2) is 51.7 Å². The highest BCUT2D eigenvalue weighted by Crippen LogP contribution is 2.27. The van der Waals surface area contributed by atoms with Crippen LogP contribution in [0.2, 0.25) is 0 Å². The Labute approximate surface area is 196 Å². The van der Waals surface area contributed by atoms with Crippen molar-refractivity contribution in [2.24, 2.45) is 0 Å². The Hall–Kier alpha value is -2.21. The Kier molecular flexibility index (Phi) is 6.99. The van der Waals surface area contributed by atoms with Crippen molar-refractivity contribution in [2.75, 3.05) is 37.2 Å². The predicted molar refractivity (Wildman–Crippen MR) is 129 cm³/mol. The van der Waals surface area contributed by atoms with Gasteiger partial charge in [-0.15, -0.1) is 10.2 Å². The number of nitrogens with zero attached hydrogens (tertiary/aromatic N) is 4. The molecule has 4 rings (SSSR count). The summed E-state index contributed by atoms with van der Waals surface area (Å²) in [5, 5.41) is 14.0. The van der Waals surface area contributed by atoms with Crippen LogP contribution in [0.1, 0.15) is 13.8 Å². The molecule has 2 heterocycles. The first-order valence-electron chi connectivity index (χ1n) is 10.3. The lowest BCUT2D eigenvalue weighted by Crippen LogP contribution is -2.50. The zero-order chi connectivity index (χ0) is 22.7. The molecule has 0 aliphatic carbocycles. The first-order valence-corrected chi connectivity index (χ1v) is 13.6. The number of rotatable bonds is 7. The molecule has 8 nitrogen and oxygen atoms in total. The fraction of sp³-hybridized carbons (Fsp3) is 0.381. The van der Waals surface area contributed by atoms with Gasteiger partial charge in [-0.1, -0.05) is 53.4 Å². The minimum atomic E-state index is -3.60. The summed E-state index contributed by atoms with van der Waals surface area (Å²) < 4.78 is 28.4. The summed E-state index contributed by atoms with van der Waals surface area (Å²) in [6.45, 7) is 5.37. The van der Waals surface area contributed by atoms with Crippen molar-refractivity contribution >= 4 is 54.9 Å². The zero-order valence-corrected chi connectivity index (χ0v) is 20.3. The molecule has 0 spiro atoms. The SMILES string of the molecule is CC(C)Nc1nnc(SCC(=O)N2CCN(S(=O)(=O)c3ccc4ccccc4c3)CC2)s1. The van der Waals surface area contributed by atoms with Crippen molar-refractivity contribution in [1.29, 1.82) is 0 Å².